The summed E-state index contributed by atoms with van der Waals surface area (Å²) in [5.74, 6) is -1.41. The number of Topliss-reactive ketones (excluding diaryl/α,β-unsaturated/α-hetero) is 1. The number of ketones is 1. The fourth-order valence-corrected chi connectivity index (χ4v) is 2.56. The van der Waals surface area contributed by atoms with Crippen LogP contribution in [0.15, 0.2) is 0 Å². The summed E-state index contributed by atoms with van der Waals surface area (Å²) in [4.78, 5) is 47.9. The number of carbonyl (C=O) groups is 4. The summed E-state index contributed by atoms with van der Waals surface area (Å²) in [6.07, 6.45) is 0.779. The molecule has 0 aliphatic rings. The molecule has 7 nitrogen and oxygen atoms in total. The Morgan fingerprint density at radius 3 is 2.18 bits per heavy atom. The molecule has 2 N–H and O–H groups in total. The maximum atomic E-state index is 12.5. The molecule has 0 aliphatic heterocycles. The van der Waals surface area contributed by atoms with Gasteiger partial charge in [-0.25, -0.2) is 0 Å². The first-order valence-electron chi connectivity index (χ1n) is 9.68. The lowest BCUT2D eigenvalue weighted by atomic mass is 9.93. The predicted octanol–water partition coefficient (Wildman–Crippen LogP) is 2.64. The summed E-state index contributed by atoms with van der Waals surface area (Å²) in [7, 11) is 0. The van der Waals surface area contributed by atoms with Crippen molar-refractivity contribution >= 4 is 46.2 Å². The van der Waals surface area contributed by atoms with Gasteiger partial charge in [0.2, 0.25) is 11.8 Å². The Hall–Kier alpha value is -1.19. The second kappa shape index (κ2) is 13.1. The summed E-state index contributed by atoms with van der Waals surface area (Å²) in [6.45, 7) is 12.1. The van der Waals surface area contributed by atoms with Crippen LogP contribution in [0.1, 0.15) is 60.8 Å². The van der Waals surface area contributed by atoms with Gasteiger partial charge in [-0.2, -0.15) is 0 Å². The van der Waals surface area contributed by atoms with Crippen molar-refractivity contribution in [2.24, 2.45) is 17.3 Å². The molecule has 0 aromatic carbocycles. The van der Waals surface area contributed by atoms with Crippen LogP contribution in [0.25, 0.3) is 0 Å². The molecule has 0 aliphatic carbocycles. The topological polar surface area (TPSA) is 102 Å². The fourth-order valence-electron chi connectivity index (χ4n) is 2.34. The highest BCUT2D eigenvalue weighted by Crippen LogP contribution is 2.14. The number of alkyl halides is 1. The van der Waals surface area contributed by atoms with Crippen LogP contribution in [0, 0.1) is 17.3 Å². The molecular weight excluding hydrogens is 475 g/mol. The van der Waals surface area contributed by atoms with Gasteiger partial charge in [-0.15, -0.1) is 0 Å². The molecule has 0 spiro atoms. The van der Waals surface area contributed by atoms with E-state index < -0.39 is 12.0 Å². The first-order valence-corrected chi connectivity index (χ1v) is 11.2. The van der Waals surface area contributed by atoms with E-state index in [9.17, 15) is 19.2 Å². The molecule has 0 aromatic rings. The molecule has 162 valence electrons. The Bertz CT molecular complexity index is 543. The van der Waals surface area contributed by atoms with Crippen LogP contribution >= 0.6 is 22.6 Å². The third-order valence-corrected chi connectivity index (χ3v) is 4.62. The minimum Gasteiger partial charge on any atom is -0.465 e. The standard InChI is InChI=1S/C20H35IN2O5/c1-13(2)18(23-16(25)11-21)15(24)10-14(3)19(27)22-9-7-8-17(26)28-12-20(4,5)6/h13-14,18H,7-12H2,1-6H3,(H,22,27)(H,23,25)/t14-,18+/m1/s1. The number of nitrogens with one attached hydrogen (secondary N) is 2. The number of rotatable bonds is 12. The number of halogens is 1. The zero-order valence-electron chi connectivity index (χ0n) is 17.9. The molecule has 2 atom stereocenters. The van der Waals surface area contributed by atoms with Crippen LogP contribution in [-0.4, -0.2) is 47.2 Å². The third-order valence-electron chi connectivity index (χ3n) is 3.93. The summed E-state index contributed by atoms with van der Waals surface area (Å²) in [6, 6.07) is -0.588. The van der Waals surface area contributed by atoms with E-state index in [2.05, 4.69) is 10.6 Å². The molecule has 0 bridgehead atoms. The van der Waals surface area contributed by atoms with E-state index in [-0.39, 0.29) is 52.2 Å². The Morgan fingerprint density at radius 2 is 1.68 bits per heavy atom. The van der Waals surface area contributed by atoms with Gasteiger partial charge in [-0.1, -0.05) is 64.1 Å². The van der Waals surface area contributed by atoms with Gasteiger partial charge in [-0.05, 0) is 17.8 Å². The summed E-state index contributed by atoms with van der Waals surface area (Å²) >= 11 is 1.94. The van der Waals surface area contributed by atoms with E-state index in [1.807, 2.05) is 57.2 Å². The Kier molecular flexibility index (Phi) is 12.6. The van der Waals surface area contributed by atoms with Crippen LogP contribution in [-0.2, 0) is 23.9 Å². The van der Waals surface area contributed by atoms with Gasteiger partial charge in [0.15, 0.2) is 5.78 Å². The normalized spacial score (nSPS) is 13.6. The van der Waals surface area contributed by atoms with Crippen molar-refractivity contribution in [3.63, 3.8) is 0 Å². The SMILES string of the molecule is CC(C)[C@H](NC(=O)CI)C(=O)C[C@@H](C)C(=O)NCCCC(=O)OCC(C)(C)C. The molecule has 0 rings (SSSR count). The third kappa shape index (κ3) is 12.3. The summed E-state index contributed by atoms with van der Waals surface area (Å²) in [5.41, 5.74) is -0.0735. The van der Waals surface area contributed by atoms with Crippen LogP contribution in [0.4, 0.5) is 0 Å². The van der Waals surface area contributed by atoms with Gasteiger partial charge in [0.1, 0.15) is 0 Å². The molecular formula is C20H35IN2O5. The molecule has 0 aromatic heterocycles. The van der Waals surface area contributed by atoms with E-state index in [0.717, 1.165) is 0 Å². The van der Waals surface area contributed by atoms with Crippen molar-refractivity contribution in [2.75, 3.05) is 17.6 Å². The van der Waals surface area contributed by atoms with E-state index in [0.29, 0.717) is 19.6 Å². The maximum Gasteiger partial charge on any atom is 0.305 e. The van der Waals surface area contributed by atoms with Gasteiger partial charge in [0, 0.05) is 25.3 Å². The average Bonchev–Trinajstić information content (AvgIpc) is 2.59. The second-order valence-electron chi connectivity index (χ2n) is 8.61. The van der Waals surface area contributed by atoms with E-state index >= 15 is 0 Å². The van der Waals surface area contributed by atoms with E-state index in [1.54, 1.807) is 6.92 Å². The smallest absolute Gasteiger partial charge is 0.305 e. The van der Waals surface area contributed by atoms with Gasteiger partial charge in [-0.3, -0.25) is 19.2 Å². The average molecular weight is 510 g/mol. The Labute approximate surface area is 182 Å². The van der Waals surface area contributed by atoms with E-state index in [4.69, 9.17) is 4.74 Å². The lowest BCUT2D eigenvalue weighted by Crippen LogP contribution is -2.46. The first-order chi connectivity index (χ1) is 12.9. The van der Waals surface area contributed by atoms with Crippen LogP contribution < -0.4 is 10.6 Å². The zero-order chi connectivity index (χ0) is 21.9. The van der Waals surface area contributed by atoms with Crippen molar-refractivity contribution in [3.05, 3.63) is 0 Å². The molecule has 0 saturated carbocycles. The molecule has 0 unspecified atom stereocenters. The van der Waals surface area contributed by atoms with Crippen LogP contribution in [0.2, 0.25) is 0 Å². The number of amides is 2. The fraction of sp³-hybridized carbons (Fsp3) is 0.800. The lowest BCUT2D eigenvalue weighted by molar-refractivity contribution is -0.146. The molecule has 2 amide bonds. The Morgan fingerprint density at radius 1 is 1.07 bits per heavy atom. The monoisotopic (exact) mass is 510 g/mol. The summed E-state index contributed by atoms with van der Waals surface area (Å²) < 4.78 is 5.45. The quantitative estimate of drug-likeness (QED) is 0.182. The Balaban J connectivity index is 4.28. The zero-order valence-corrected chi connectivity index (χ0v) is 20.1. The van der Waals surface area contributed by atoms with Crippen molar-refractivity contribution in [3.8, 4) is 0 Å². The van der Waals surface area contributed by atoms with Gasteiger partial charge < -0.3 is 15.4 Å². The largest absolute Gasteiger partial charge is 0.465 e. The van der Waals surface area contributed by atoms with Crippen molar-refractivity contribution < 1.29 is 23.9 Å². The molecule has 28 heavy (non-hydrogen) atoms. The molecule has 0 heterocycles. The number of esters is 1. The minimum absolute atomic E-state index is 0.0474. The molecule has 0 radical (unpaired) electrons. The van der Waals surface area contributed by atoms with E-state index in [1.165, 1.54) is 0 Å². The van der Waals surface area contributed by atoms with Crippen molar-refractivity contribution in [1.82, 2.24) is 10.6 Å². The van der Waals surface area contributed by atoms with Crippen LogP contribution in [0.5, 0.6) is 0 Å². The molecule has 0 saturated heterocycles. The second-order valence-corrected chi connectivity index (χ2v) is 9.37. The van der Waals surface area contributed by atoms with Gasteiger partial charge in [0.05, 0.1) is 17.1 Å². The number of carbonyl (C=O) groups excluding carboxylic acids is 4. The predicted molar refractivity (Wildman–Crippen MR) is 117 cm³/mol. The highest BCUT2D eigenvalue weighted by molar-refractivity contribution is 14.1. The number of ether oxygens (including phenoxy) is 1. The van der Waals surface area contributed by atoms with Crippen molar-refractivity contribution in [1.29, 1.82) is 0 Å². The summed E-state index contributed by atoms with van der Waals surface area (Å²) in [5, 5.41) is 5.47. The minimum atomic E-state index is -0.588. The number of hydrogen-bond acceptors (Lipinski definition) is 5. The first kappa shape index (κ1) is 26.8. The lowest BCUT2D eigenvalue weighted by Gasteiger charge is -2.22. The molecule has 8 heteroatoms. The molecule has 0 fully saturated rings. The van der Waals surface area contributed by atoms with Crippen molar-refractivity contribution in [2.45, 2.75) is 66.8 Å². The van der Waals surface area contributed by atoms with Gasteiger partial charge in [0.25, 0.3) is 0 Å². The maximum absolute atomic E-state index is 12.5. The van der Waals surface area contributed by atoms with Gasteiger partial charge >= 0.3 is 5.97 Å². The highest BCUT2D eigenvalue weighted by Gasteiger charge is 2.27. The van der Waals surface area contributed by atoms with Crippen LogP contribution in [0.3, 0.4) is 0 Å². The highest BCUT2D eigenvalue weighted by atomic mass is 127. The number of hydrogen-bond donors (Lipinski definition) is 2.